The van der Waals surface area contributed by atoms with Gasteiger partial charge in [-0.2, -0.15) is 0 Å². The summed E-state index contributed by atoms with van der Waals surface area (Å²) in [6.45, 7) is 3.72. The zero-order valence-corrected chi connectivity index (χ0v) is 9.50. The maximum atomic E-state index is 5.60. The Morgan fingerprint density at radius 3 is 3.07 bits per heavy atom. The molecular weight excluding hydrogens is 212 g/mol. The van der Waals surface area contributed by atoms with E-state index in [1.807, 2.05) is 18.2 Å². The van der Waals surface area contributed by atoms with Crippen molar-refractivity contribution in [1.82, 2.24) is 10.3 Å². The predicted octanol–water partition coefficient (Wildman–Crippen LogP) is 1.63. The summed E-state index contributed by atoms with van der Waals surface area (Å²) in [4.78, 5) is 4.20. The third kappa shape index (κ3) is 4.16. The smallest absolute Gasteiger partial charge is 0.0887 e. The second-order valence-electron chi connectivity index (χ2n) is 3.70. The Morgan fingerprint density at radius 1 is 1.47 bits per heavy atom. The summed E-state index contributed by atoms with van der Waals surface area (Å²) in [5.74, 6) is 0.693. The number of aromatic nitrogens is 1. The molecule has 0 spiro atoms. The summed E-state index contributed by atoms with van der Waals surface area (Å²) < 4.78 is 5.60. The van der Waals surface area contributed by atoms with Gasteiger partial charge in [0.2, 0.25) is 0 Å². The van der Waals surface area contributed by atoms with Gasteiger partial charge in [-0.05, 0) is 31.0 Å². The van der Waals surface area contributed by atoms with E-state index >= 15 is 0 Å². The molecule has 0 aliphatic carbocycles. The molecule has 1 aliphatic heterocycles. The molecule has 1 aromatic heterocycles. The molecule has 3 nitrogen and oxygen atoms in total. The molecule has 4 heteroatoms. The molecule has 2 rings (SSSR count). The van der Waals surface area contributed by atoms with Crippen LogP contribution in [0.3, 0.4) is 0 Å². The average molecular weight is 229 g/mol. The van der Waals surface area contributed by atoms with Gasteiger partial charge in [0.05, 0.1) is 18.9 Å². The van der Waals surface area contributed by atoms with E-state index in [0.717, 1.165) is 25.4 Å². The first-order valence-corrected chi connectivity index (χ1v) is 5.13. The first-order valence-electron chi connectivity index (χ1n) is 5.13. The van der Waals surface area contributed by atoms with Gasteiger partial charge in [0, 0.05) is 12.7 Å². The molecule has 84 valence electrons. The molecule has 0 radical (unpaired) electrons. The summed E-state index contributed by atoms with van der Waals surface area (Å²) in [5, 5.41) is 3.33. The lowest BCUT2D eigenvalue weighted by atomic mass is 10.1. The van der Waals surface area contributed by atoms with Crippen molar-refractivity contribution in [2.24, 2.45) is 5.92 Å². The Labute approximate surface area is 96.7 Å². The minimum absolute atomic E-state index is 0. The van der Waals surface area contributed by atoms with Crippen molar-refractivity contribution in [3.63, 3.8) is 0 Å². The summed E-state index contributed by atoms with van der Waals surface area (Å²) >= 11 is 0. The third-order valence-electron chi connectivity index (χ3n) is 2.49. The van der Waals surface area contributed by atoms with Gasteiger partial charge in [-0.25, -0.2) is 0 Å². The monoisotopic (exact) mass is 228 g/mol. The summed E-state index contributed by atoms with van der Waals surface area (Å²) in [7, 11) is 0. The van der Waals surface area contributed by atoms with E-state index in [1.165, 1.54) is 6.42 Å². The summed E-state index contributed by atoms with van der Waals surface area (Å²) in [5.41, 5.74) is 1.01. The fourth-order valence-corrected chi connectivity index (χ4v) is 1.67. The van der Waals surface area contributed by atoms with Gasteiger partial charge in [0.25, 0.3) is 0 Å². The number of hydrogen-bond donors (Lipinski definition) is 1. The molecule has 1 atom stereocenters. The van der Waals surface area contributed by atoms with Crippen LogP contribution in [-0.2, 0) is 11.3 Å². The largest absolute Gasteiger partial charge is 0.375 e. The number of nitrogens with zero attached hydrogens (tertiary/aromatic N) is 1. The van der Waals surface area contributed by atoms with Crippen LogP contribution in [0.25, 0.3) is 0 Å². The first kappa shape index (κ1) is 12.4. The Bertz CT molecular complexity index is 263. The van der Waals surface area contributed by atoms with E-state index < -0.39 is 0 Å². The van der Waals surface area contributed by atoms with E-state index in [-0.39, 0.29) is 12.4 Å². The molecular formula is C11H17ClN2O. The first-order chi connectivity index (χ1) is 6.95. The van der Waals surface area contributed by atoms with E-state index in [2.05, 4.69) is 10.3 Å². The Hall–Kier alpha value is -0.640. The van der Waals surface area contributed by atoms with Crippen LogP contribution in [0.1, 0.15) is 12.1 Å². The molecule has 2 heterocycles. The Morgan fingerprint density at radius 2 is 2.40 bits per heavy atom. The van der Waals surface area contributed by atoms with E-state index in [1.54, 1.807) is 6.20 Å². The number of ether oxygens (including phenoxy) is 1. The van der Waals surface area contributed by atoms with Crippen molar-refractivity contribution in [3.8, 4) is 0 Å². The van der Waals surface area contributed by atoms with Crippen molar-refractivity contribution in [1.29, 1.82) is 0 Å². The number of halogens is 1. The molecule has 1 saturated heterocycles. The predicted molar refractivity (Wildman–Crippen MR) is 62.1 cm³/mol. The van der Waals surface area contributed by atoms with Crippen molar-refractivity contribution in [2.45, 2.75) is 13.0 Å². The normalized spacial score (nSPS) is 19.9. The lowest BCUT2D eigenvalue weighted by Crippen LogP contribution is -2.13. The van der Waals surface area contributed by atoms with Gasteiger partial charge >= 0.3 is 0 Å². The van der Waals surface area contributed by atoms with Crippen molar-refractivity contribution >= 4 is 12.4 Å². The molecule has 1 aromatic rings. The van der Waals surface area contributed by atoms with Crippen LogP contribution in [0, 0.1) is 5.92 Å². The molecule has 0 saturated carbocycles. The fourth-order valence-electron chi connectivity index (χ4n) is 1.67. The zero-order valence-electron chi connectivity index (χ0n) is 8.69. The van der Waals surface area contributed by atoms with Crippen LogP contribution in [0.15, 0.2) is 24.4 Å². The van der Waals surface area contributed by atoms with E-state index in [4.69, 9.17) is 4.74 Å². The minimum Gasteiger partial charge on any atom is -0.375 e. The number of nitrogens with one attached hydrogen (secondary N) is 1. The zero-order chi connectivity index (χ0) is 9.64. The van der Waals surface area contributed by atoms with Gasteiger partial charge in [-0.3, -0.25) is 4.98 Å². The van der Waals surface area contributed by atoms with E-state index in [9.17, 15) is 0 Å². The Balaban J connectivity index is 0.00000112. The molecule has 1 fully saturated rings. The highest BCUT2D eigenvalue weighted by Gasteiger charge is 2.13. The quantitative estimate of drug-likeness (QED) is 0.851. The maximum Gasteiger partial charge on any atom is 0.0887 e. The van der Waals surface area contributed by atoms with Gasteiger partial charge in [-0.1, -0.05) is 6.07 Å². The van der Waals surface area contributed by atoms with Gasteiger partial charge in [0.15, 0.2) is 0 Å². The SMILES string of the molecule is Cl.c1ccc(COCC2CCNC2)nc1. The topological polar surface area (TPSA) is 34.1 Å². The van der Waals surface area contributed by atoms with Gasteiger partial charge < -0.3 is 10.1 Å². The van der Waals surface area contributed by atoms with Gasteiger partial charge in [-0.15, -0.1) is 12.4 Å². The number of rotatable bonds is 4. The van der Waals surface area contributed by atoms with Gasteiger partial charge in [0.1, 0.15) is 0 Å². The highest BCUT2D eigenvalue weighted by molar-refractivity contribution is 5.85. The lowest BCUT2D eigenvalue weighted by Gasteiger charge is -2.08. The second kappa shape index (κ2) is 6.77. The molecule has 1 unspecified atom stereocenters. The van der Waals surface area contributed by atoms with Crippen molar-refractivity contribution in [3.05, 3.63) is 30.1 Å². The number of hydrogen-bond acceptors (Lipinski definition) is 3. The fraction of sp³-hybridized carbons (Fsp3) is 0.545. The molecule has 0 bridgehead atoms. The lowest BCUT2D eigenvalue weighted by molar-refractivity contribution is 0.0903. The third-order valence-corrected chi connectivity index (χ3v) is 2.49. The van der Waals surface area contributed by atoms with Crippen molar-refractivity contribution < 1.29 is 4.74 Å². The van der Waals surface area contributed by atoms with Crippen LogP contribution in [-0.4, -0.2) is 24.7 Å². The summed E-state index contributed by atoms with van der Waals surface area (Å²) in [6.07, 6.45) is 3.04. The standard InChI is InChI=1S/C11H16N2O.ClH/c1-2-5-13-11(3-1)9-14-8-10-4-6-12-7-10;/h1-3,5,10,12H,4,6-9H2;1H. The molecule has 1 aliphatic rings. The highest BCUT2D eigenvalue weighted by Crippen LogP contribution is 2.08. The van der Waals surface area contributed by atoms with Crippen LogP contribution in [0.2, 0.25) is 0 Å². The molecule has 0 amide bonds. The summed E-state index contributed by atoms with van der Waals surface area (Å²) in [6, 6.07) is 5.90. The van der Waals surface area contributed by atoms with Crippen LogP contribution >= 0.6 is 12.4 Å². The molecule has 0 aromatic carbocycles. The maximum absolute atomic E-state index is 5.60. The Kier molecular flexibility index (Phi) is 5.61. The highest BCUT2D eigenvalue weighted by atomic mass is 35.5. The molecule has 1 N–H and O–H groups in total. The minimum atomic E-state index is 0. The average Bonchev–Trinajstić information content (AvgIpc) is 2.72. The van der Waals surface area contributed by atoms with Crippen LogP contribution in [0.4, 0.5) is 0 Å². The second-order valence-corrected chi connectivity index (χ2v) is 3.70. The van der Waals surface area contributed by atoms with E-state index in [0.29, 0.717) is 12.5 Å². The van der Waals surface area contributed by atoms with Crippen molar-refractivity contribution in [2.75, 3.05) is 19.7 Å². The molecule has 15 heavy (non-hydrogen) atoms. The van der Waals surface area contributed by atoms with Crippen LogP contribution in [0.5, 0.6) is 0 Å². The van der Waals surface area contributed by atoms with Crippen LogP contribution < -0.4 is 5.32 Å². The number of pyridine rings is 1.